The van der Waals surface area contributed by atoms with Gasteiger partial charge in [-0.25, -0.2) is 4.79 Å². The Morgan fingerprint density at radius 3 is 2.35 bits per heavy atom. The molecule has 3 rings (SSSR count). The molecule has 0 saturated carbocycles. The molecule has 1 atom stereocenters. The van der Waals surface area contributed by atoms with Crippen LogP contribution >= 0.6 is 0 Å². The smallest absolute Gasteiger partial charge is 0.325 e. The maximum absolute atomic E-state index is 12.6. The molecule has 0 radical (unpaired) electrons. The fourth-order valence-corrected chi connectivity index (χ4v) is 3.25. The molecule has 1 saturated heterocycles. The van der Waals surface area contributed by atoms with Crippen LogP contribution in [0.5, 0.6) is 17.2 Å². The average molecular weight is 427 g/mol. The van der Waals surface area contributed by atoms with Crippen molar-refractivity contribution >= 4 is 23.5 Å². The van der Waals surface area contributed by atoms with Crippen molar-refractivity contribution in [1.82, 2.24) is 10.2 Å². The van der Waals surface area contributed by atoms with Crippen LogP contribution in [-0.4, -0.2) is 50.1 Å². The fourth-order valence-electron chi connectivity index (χ4n) is 3.25. The second-order valence-corrected chi connectivity index (χ2v) is 6.93. The number of carbonyl (C=O) groups is 3. The van der Waals surface area contributed by atoms with Crippen molar-refractivity contribution in [2.75, 3.05) is 26.6 Å². The summed E-state index contributed by atoms with van der Waals surface area (Å²) in [6.45, 7) is 0.156. The number of benzene rings is 2. The van der Waals surface area contributed by atoms with Gasteiger partial charge in [0.2, 0.25) is 5.91 Å². The summed E-state index contributed by atoms with van der Waals surface area (Å²) in [7, 11) is 4.61. The number of imide groups is 1. The van der Waals surface area contributed by atoms with Gasteiger partial charge in [0.05, 0.1) is 27.9 Å². The Morgan fingerprint density at radius 1 is 1.00 bits per heavy atom. The molecule has 164 valence electrons. The van der Waals surface area contributed by atoms with Crippen LogP contribution in [0.25, 0.3) is 0 Å². The molecule has 1 aliphatic rings. The van der Waals surface area contributed by atoms with Crippen molar-refractivity contribution < 1.29 is 28.6 Å². The van der Waals surface area contributed by atoms with Crippen molar-refractivity contribution in [3.05, 3.63) is 48.0 Å². The van der Waals surface area contributed by atoms with Gasteiger partial charge in [-0.2, -0.15) is 0 Å². The van der Waals surface area contributed by atoms with Crippen LogP contribution in [0.4, 0.5) is 10.5 Å². The van der Waals surface area contributed by atoms with Crippen LogP contribution < -0.4 is 24.8 Å². The molecule has 1 unspecified atom stereocenters. The Hall–Kier alpha value is -3.75. The molecule has 2 N–H and O–H groups in total. The third-order valence-corrected chi connectivity index (χ3v) is 4.93. The van der Waals surface area contributed by atoms with Crippen LogP contribution in [0.1, 0.15) is 18.4 Å². The van der Waals surface area contributed by atoms with E-state index < -0.39 is 12.1 Å². The lowest BCUT2D eigenvalue weighted by atomic mass is 10.1. The van der Waals surface area contributed by atoms with Gasteiger partial charge in [0.25, 0.3) is 5.91 Å². The predicted molar refractivity (Wildman–Crippen MR) is 113 cm³/mol. The maximum atomic E-state index is 12.6. The number of anilines is 1. The average Bonchev–Trinajstić information content (AvgIpc) is 3.05. The predicted octanol–water partition coefficient (Wildman–Crippen LogP) is 2.55. The number of ether oxygens (including phenoxy) is 3. The van der Waals surface area contributed by atoms with Gasteiger partial charge in [0.15, 0.2) is 11.5 Å². The van der Waals surface area contributed by atoms with Crippen molar-refractivity contribution in [3.63, 3.8) is 0 Å². The number of hydrogen-bond donors (Lipinski definition) is 2. The first-order chi connectivity index (χ1) is 14.9. The molecule has 0 aliphatic carbocycles. The molecule has 4 amide bonds. The number of hydrogen-bond acceptors (Lipinski definition) is 6. The Kier molecular flexibility index (Phi) is 6.96. The molecule has 0 bridgehead atoms. The van der Waals surface area contributed by atoms with E-state index in [0.29, 0.717) is 22.9 Å². The lowest BCUT2D eigenvalue weighted by Gasteiger charge is -2.13. The summed E-state index contributed by atoms with van der Waals surface area (Å²) in [6.07, 6.45) is 0.268. The summed E-state index contributed by atoms with van der Waals surface area (Å²) in [5, 5.41) is 5.40. The maximum Gasteiger partial charge on any atom is 0.325 e. The molecular weight excluding hydrogens is 402 g/mol. The van der Waals surface area contributed by atoms with Crippen LogP contribution in [0.15, 0.2) is 42.5 Å². The monoisotopic (exact) mass is 427 g/mol. The Bertz CT molecular complexity index is 960. The number of amides is 4. The molecule has 0 aromatic heterocycles. The zero-order valence-corrected chi connectivity index (χ0v) is 17.6. The number of nitrogens with zero attached hydrogens (tertiary/aromatic N) is 1. The van der Waals surface area contributed by atoms with Crippen LogP contribution in [0.3, 0.4) is 0 Å². The number of nitrogens with one attached hydrogen (secondary N) is 2. The first kappa shape index (κ1) is 21.9. The van der Waals surface area contributed by atoms with Gasteiger partial charge in [-0.05, 0) is 36.2 Å². The number of rotatable bonds is 9. The van der Waals surface area contributed by atoms with Crippen LogP contribution in [-0.2, 0) is 16.1 Å². The van der Waals surface area contributed by atoms with Crippen molar-refractivity contribution in [2.24, 2.45) is 0 Å². The van der Waals surface area contributed by atoms with Gasteiger partial charge in [-0.1, -0.05) is 12.1 Å². The third-order valence-electron chi connectivity index (χ3n) is 4.93. The van der Waals surface area contributed by atoms with Crippen molar-refractivity contribution in [1.29, 1.82) is 0 Å². The molecule has 2 aromatic carbocycles. The van der Waals surface area contributed by atoms with Crippen LogP contribution in [0, 0.1) is 0 Å². The molecule has 1 fully saturated rings. The quantitative estimate of drug-likeness (QED) is 0.596. The van der Waals surface area contributed by atoms with E-state index in [1.807, 2.05) is 0 Å². The highest BCUT2D eigenvalue weighted by Gasteiger charge is 2.37. The summed E-state index contributed by atoms with van der Waals surface area (Å²) in [5.74, 6) is 1.12. The zero-order valence-electron chi connectivity index (χ0n) is 17.6. The van der Waals surface area contributed by atoms with Gasteiger partial charge in [-0.15, -0.1) is 0 Å². The number of urea groups is 1. The summed E-state index contributed by atoms with van der Waals surface area (Å²) < 4.78 is 15.5. The van der Waals surface area contributed by atoms with Crippen molar-refractivity contribution in [3.8, 4) is 17.2 Å². The zero-order chi connectivity index (χ0) is 22.4. The second-order valence-electron chi connectivity index (χ2n) is 6.93. The topological polar surface area (TPSA) is 106 Å². The second kappa shape index (κ2) is 9.84. The van der Waals surface area contributed by atoms with Gasteiger partial charge in [-0.3, -0.25) is 14.5 Å². The lowest BCUT2D eigenvalue weighted by Crippen LogP contribution is -2.31. The molecule has 9 heteroatoms. The van der Waals surface area contributed by atoms with E-state index in [-0.39, 0.29) is 31.2 Å². The first-order valence-electron chi connectivity index (χ1n) is 9.72. The Morgan fingerprint density at radius 2 is 1.71 bits per heavy atom. The highest BCUT2D eigenvalue weighted by molar-refractivity contribution is 6.04. The molecule has 1 heterocycles. The van der Waals surface area contributed by atoms with E-state index in [1.54, 1.807) is 49.6 Å². The summed E-state index contributed by atoms with van der Waals surface area (Å²) >= 11 is 0. The summed E-state index contributed by atoms with van der Waals surface area (Å²) in [5.41, 5.74) is 1.35. The van der Waals surface area contributed by atoms with E-state index in [1.165, 1.54) is 14.2 Å². The van der Waals surface area contributed by atoms with E-state index in [9.17, 15) is 14.4 Å². The third kappa shape index (κ3) is 5.25. The molecule has 2 aromatic rings. The van der Waals surface area contributed by atoms with Crippen molar-refractivity contribution in [2.45, 2.75) is 25.4 Å². The molecule has 31 heavy (non-hydrogen) atoms. The summed E-state index contributed by atoms with van der Waals surface area (Å²) in [6, 6.07) is 11.0. The normalized spacial score (nSPS) is 15.5. The number of carbonyl (C=O) groups excluding carboxylic acids is 3. The highest BCUT2D eigenvalue weighted by Crippen LogP contribution is 2.29. The van der Waals surface area contributed by atoms with Crippen LogP contribution in [0.2, 0.25) is 0 Å². The minimum atomic E-state index is -0.734. The molecular formula is C22H25N3O6. The largest absolute Gasteiger partial charge is 0.497 e. The highest BCUT2D eigenvalue weighted by atomic mass is 16.5. The summed E-state index contributed by atoms with van der Waals surface area (Å²) in [4.78, 5) is 38.3. The number of methoxy groups -OCH3 is 3. The van der Waals surface area contributed by atoms with E-state index in [2.05, 4.69) is 10.6 Å². The van der Waals surface area contributed by atoms with E-state index in [4.69, 9.17) is 14.2 Å². The van der Waals surface area contributed by atoms with Gasteiger partial charge in [0.1, 0.15) is 11.8 Å². The van der Waals surface area contributed by atoms with E-state index >= 15 is 0 Å². The van der Waals surface area contributed by atoms with E-state index in [0.717, 1.165) is 10.5 Å². The van der Waals surface area contributed by atoms with Gasteiger partial charge in [0, 0.05) is 18.2 Å². The minimum absolute atomic E-state index is 0.0708. The van der Waals surface area contributed by atoms with Gasteiger partial charge < -0.3 is 24.8 Å². The first-order valence-corrected chi connectivity index (χ1v) is 9.72. The standard InChI is InChI=1S/C22H25N3O6/c1-29-16-7-4-14(5-8-16)13-25-21(27)17(24-22(25)28)9-11-20(26)23-15-6-10-18(30-2)19(12-15)31-3/h4-8,10,12,17H,9,11,13H2,1-3H3,(H,23,26)(H,24,28). The lowest BCUT2D eigenvalue weighted by molar-refractivity contribution is -0.128. The molecule has 1 aliphatic heterocycles. The SMILES string of the molecule is COc1ccc(CN2C(=O)NC(CCC(=O)Nc3ccc(OC)c(OC)c3)C2=O)cc1. The molecule has 0 spiro atoms. The molecule has 9 nitrogen and oxygen atoms in total. The Labute approximate surface area is 180 Å². The Balaban J connectivity index is 1.54. The van der Waals surface area contributed by atoms with Gasteiger partial charge >= 0.3 is 6.03 Å². The minimum Gasteiger partial charge on any atom is -0.497 e. The fraction of sp³-hybridized carbons (Fsp3) is 0.318.